The van der Waals surface area contributed by atoms with E-state index in [4.69, 9.17) is 0 Å². The summed E-state index contributed by atoms with van der Waals surface area (Å²) in [5, 5.41) is 5.97. The Morgan fingerprint density at radius 2 is 1.57 bits per heavy atom. The molecule has 0 aliphatic rings. The van der Waals surface area contributed by atoms with Crippen LogP contribution in [0, 0.1) is 13.8 Å². The third-order valence-corrected chi connectivity index (χ3v) is 5.43. The molecular formula is C13H14F5NS2. The number of hydrogen-bond donors (Lipinski definition) is 1. The summed E-state index contributed by atoms with van der Waals surface area (Å²) in [6, 6.07) is 3.00. The topological polar surface area (TPSA) is 12.0 Å². The van der Waals surface area contributed by atoms with E-state index < -0.39 is 15.1 Å². The van der Waals surface area contributed by atoms with Crippen LogP contribution in [-0.4, -0.2) is 0 Å². The van der Waals surface area contributed by atoms with Crippen molar-refractivity contribution >= 4 is 26.6 Å². The molecular weight excluding hydrogens is 329 g/mol. The van der Waals surface area contributed by atoms with Crippen molar-refractivity contribution in [3.63, 3.8) is 0 Å². The van der Waals surface area contributed by atoms with Gasteiger partial charge in [0.2, 0.25) is 0 Å². The van der Waals surface area contributed by atoms with Crippen molar-refractivity contribution in [1.82, 2.24) is 0 Å². The fourth-order valence-corrected chi connectivity index (χ4v) is 3.34. The number of halogens is 5. The van der Waals surface area contributed by atoms with Crippen LogP contribution < -0.4 is 5.32 Å². The van der Waals surface area contributed by atoms with E-state index >= 15 is 0 Å². The van der Waals surface area contributed by atoms with E-state index in [-0.39, 0.29) is 6.54 Å². The standard InChI is InChI=1S/C13H14F5NS2/c1-9-8-20-13(10(9)2)19-7-11-3-5-12(6-4-11)21(14,15,16,17)18/h3-6,8,19H,7H2,1-2H3. The van der Waals surface area contributed by atoms with Crippen LogP contribution in [0.1, 0.15) is 16.7 Å². The highest BCUT2D eigenvalue weighted by Gasteiger charge is 2.65. The number of benzene rings is 1. The Kier molecular flexibility index (Phi) is 3.34. The maximum Gasteiger partial charge on any atom is 0.310 e. The van der Waals surface area contributed by atoms with Crippen molar-refractivity contribution in [2.75, 3.05) is 5.32 Å². The average Bonchev–Trinajstić information content (AvgIpc) is 2.65. The summed E-state index contributed by atoms with van der Waals surface area (Å²) >= 11 is 1.50. The number of aryl methyl sites for hydroxylation is 1. The fourth-order valence-electron chi connectivity index (χ4n) is 1.72. The molecule has 0 radical (unpaired) electrons. The molecule has 0 saturated carbocycles. The van der Waals surface area contributed by atoms with Crippen LogP contribution in [0.2, 0.25) is 0 Å². The zero-order valence-electron chi connectivity index (χ0n) is 11.3. The average molecular weight is 343 g/mol. The molecule has 0 bridgehead atoms. The second-order valence-electron chi connectivity index (χ2n) is 4.84. The van der Waals surface area contributed by atoms with Crippen molar-refractivity contribution < 1.29 is 19.4 Å². The Labute approximate surface area is 123 Å². The monoisotopic (exact) mass is 343 g/mol. The summed E-state index contributed by atoms with van der Waals surface area (Å²) in [5.74, 6) is 0. The molecule has 0 spiro atoms. The van der Waals surface area contributed by atoms with Crippen LogP contribution in [0.25, 0.3) is 0 Å². The van der Waals surface area contributed by atoms with Gasteiger partial charge in [-0.05, 0) is 48.1 Å². The maximum atomic E-state index is 12.6. The first kappa shape index (κ1) is 16.1. The molecule has 0 unspecified atom stereocenters. The lowest BCUT2D eigenvalue weighted by atomic mass is 10.2. The minimum absolute atomic E-state index is 0.279. The van der Waals surface area contributed by atoms with E-state index in [0.29, 0.717) is 17.7 Å². The molecule has 2 rings (SSSR count). The third-order valence-electron chi connectivity index (χ3n) is 3.11. The van der Waals surface area contributed by atoms with Crippen molar-refractivity contribution in [2.45, 2.75) is 25.3 Å². The number of nitrogens with one attached hydrogen (secondary N) is 1. The second kappa shape index (κ2) is 4.36. The number of rotatable bonds is 4. The van der Waals surface area contributed by atoms with E-state index in [0.717, 1.165) is 28.3 Å². The first-order chi connectivity index (χ1) is 9.36. The highest BCUT2D eigenvalue weighted by Crippen LogP contribution is 3.02. The molecule has 118 valence electrons. The minimum atomic E-state index is -9.57. The molecule has 0 atom stereocenters. The zero-order chi connectivity index (χ0) is 16.0. The van der Waals surface area contributed by atoms with Crippen LogP contribution in [0.3, 0.4) is 0 Å². The summed E-state index contributed by atoms with van der Waals surface area (Å²) in [4.78, 5) is -1.86. The van der Waals surface area contributed by atoms with E-state index in [9.17, 15) is 19.4 Å². The Balaban J connectivity index is 2.13. The molecule has 1 aromatic heterocycles. The first-order valence-electron chi connectivity index (χ1n) is 5.98. The smallest absolute Gasteiger partial charge is 0.310 e. The molecule has 0 fully saturated rings. The molecule has 1 N–H and O–H groups in total. The number of anilines is 1. The van der Waals surface area contributed by atoms with Gasteiger partial charge in [0.1, 0.15) is 4.90 Å². The third kappa shape index (κ3) is 3.88. The Hall–Kier alpha value is -1.28. The lowest BCUT2D eigenvalue weighted by Gasteiger charge is -2.40. The first-order valence-corrected chi connectivity index (χ1v) is 8.81. The molecule has 0 aliphatic heterocycles. The van der Waals surface area contributed by atoms with Gasteiger partial charge in [-0.1, -0.05) is 31.6 Å². The normalized spacial score (nSPS) is 15.4. The Morgan fingerprint density at radius 3 is 2.00 bits per heavy atom. The van der Waals surface area contributed by atoms with Gasteiger partial charge in [0.25, 0.3) is 0 Å². The summed E-state index contributed by atoms with van der Waals surface area (Å²) in [5.41, 5.74) is 2.70. The van der Waals surface area contributed by atoms with Gasteiger partial charge in [-0.3, -0.25) is 0 Å². The van der Waals surface area contributed by atoms with Crippen LogP contribution in [-0.2, 0) is 6.54 Å². The lowest BCUT2D eigenvalue weighted by Crippen LogP contribution is -2.06. The van der Waals surface area contributed by atoms with Gasteiger partial charge < -0.3 is 5.32 Å². The summed E-state index contributed by atoms with van der Waals surface area (Å²) in [7, 11) is -9.57. The molecule has 0 saturated heterocycles. The summed E-state index contributed by atoms with van der Waals surface area (Å²) < 4.78 is 62.9. The van der Waals surface area contributed by atoms with Gasteiger partial charge in [-0.15, -0.1) is 11.3 Å². The predicted molar refractivity (Wildman–Crippen MR) is 79.0 cm³/mol. The molecule has 2 aromatic rings. The Bertz CT molecular complexity index is 658. The van der Waals surface area contributed by atoms with Crippen molar-refractivity contribution in [3.05, 3.63) is 46.3 Å². The highest BCUT2D eigenvalue weighted by atomic mass is 32.5. The number of hydrogen-bond acceptors (Lipinski definition) is 2. The highest BCUT2D eigenvalue weighted by molar-refractivity contribution is 8.45. The van der Waals surface area contributed by atoms with Gasteiger partial charge >= 0.3 is 10.2 Å². The van der Waals surface area contributed by atoms with Gasteiger partial charge in [-0.2, -0.15) is 0 Å². The predicted octanol–water partition coefficient (Wildman–Crippen LogP) is 6.63. The van der Waals surface area contributed by atoms with Crippen LogP contribution in [0.4, 0.5) is 24.4 Å². The fraction of sp³-hybridized carbons (Fsp3) is 0.231. The van der Waals surface area contributed by atoms with Gasteiger partial charge in [0.15, 0.2) is 0 Å². The van der Waals surface area contributed by atoms with E-state index in [1.807, 2.05) is 19.2 Å². The quantitative estimate of drug-likeness (QED) is 0.614. The Morgan fingerprint density at radius 1 is 1.00 bits per heavy atom. The lowest BCUT2D eigenvalue weighted by molar-refractivity contribution is 0.364. The van der Waals surface area contributed by atoms with Crippen LogP contribution in [0.5, 0.6) is 0 Å². The van der Waals surface area contributed by atoms with Gasteiger partial charge in [0.05, 0.1) is 5.00 Å². The molecule has 21 heavy (non-hydrogen) atoms. The molecule has 0 aliphatic carbocycles. The van der Waals surface area contributed by atoms with Crippen molar-refractivity contribution in [3.8, 4) is 0 Å². The molecule has 0 amide bonds. The molecule has 1 nitrogen and oxygen atoms in total. The van der Waals surface area contributed by atoms with Crippen molar-refractivity contribution in [2.24, 2.45) is 0 Å². The van der Waals surface area contributed by atoms with Gasteiger partial charge in [-0.25, -0.2) is 0 Å². The summed E-state index contributed by atoms with van der Waals surface area (Å²) in [6.45, 7) is 4.17. The van der Waals surface area contributed by atoms with Gasteiger partial charge in [0, 0.05) is 6.54 Å². The SMILES string of the molecule is Cc1csc(NCc2ccc(S(F)(F)(F)(F)F)cc2)c1C. The van der Waals surface area contributed by atoms with E-state index in [2.05, 4.69) is 5.32 Å². The minimum Gasteiger partial charge on any atom is -0.373 e. The van der Waals surface area contributed by atoms with E-state index in [1.165, 1.54) is 11.3 Å². The second-order valence-corrected chi connectivity index (χ2v) is 8.13. The van der Waals surface area contributed by atoms with Crippen molar-refractivity contribution in [1.29, 1.82) is 0 Å². The summed E-state index contributed by atoms with van der Waals surface area (Å²) in [6.07, 6.45) is 0. The van der Waals surface area contributed by atoms with Crippen LogP contribution >= 0.6 is 21.6 Å². The van der Waals surface area contributed by atoms with Crippen LogP contribution in [0.15, 0.2) is 34.5 Å². The largest absolute Gasteiger partial charge is 0.373 e. The molecule has 1 aromatic carbocycles. The maximum absolute atomic E-state index is 12.6. The molecule has 1 heterocycles. The van der Waals surface area contributed by atoms with E-state index in [1.54, 1.807) is 0 Å². The molecule has 8 heteroatoms. The number of thiophene rings is 1. The zero-order valence-corrected chi connectivity index (χ0v) is 12.9.